The Bertz CT molecular complexity index is 1850. The summed E-state index contributed by atoms with van der Waals surface area (Å²) in [5.74, 6) is -4.20. The first kappa shape index (κ1) is 37.2. The monoisotopic (exact) mass is 680 g/mol. The number of carboxylic acids is 1. The number of aliphatic imine (C=N–C) groups is 1. The second-order valence-electron chi connectivity index (χ2n) is 13.2. The van der Waals surface area contributed by atoms with Crippen LogP contribution in [0, 0.1) is 43.8 Å². The molecule has 0 spiro atoms. The van der Waals surface area contributed by atoms with Crippen molar-refractivity contribution >= 4 is 18.1 Å². The Balaban J connectivity index is 1.76. The molecule has 0 saturated carbocycles. The van der Waals surface area contributed by atoms with E-state index >= 15 is 4.39 Å². The second-order valence-corrected chi connectivity index (χ2v) is 13.2. The van der Waals surface area contributed by atoms with Crippen molar-refractivity contribution in [1.82, 2.24) is 9.47 Å². The molecule has 3 aromatic rings. The van der Waals surface area contributed by atoms with E-state index in [1.807, 2.05) is 18.7 Å². The largest absolute Gasteiger partial charge is 0.481 e. The van der Waals surface area contributed by atoms with Crippen molar-refractivity contribution in [3.05, 3.63) is 91.6 Å². The van der Waals surface area contributed by atoms with Crippen LogP contribution in [0.15, 0.2) is 46.3 Å². The van der Waals surface area contributed by atoms with Gasteiger partial charge in [-0.2, -0.15) is 18.4 Å². The summed E-state index contributed by atoms with van der Waals surface area (Å²) in [6, 6.07) is 7.86. The van der Waals surface area contributed by atoms with Crippen molar-refractivity contribution in [3.63, 3.8) is 0 Å². The highest BCUT2D eigenvalue weighted by molar-refractivity contribution is 5.91. The molecule has 0 aliphatic carbocycles. The van der Waals surface area contributed by atoms with Crippen LogP contribution in [0.25, 0.3) is 11.1 Å². The third-order valence-electron chi connectivity index (χ3n) is 8.84. The number of hydrogen-bond donors (Lipinski definition) is 1. The normalized spacial score (nSPS) is 14.9. The Morgan fingerprint density at radius 3 is 2.24 bits per heavy atom. The highest BCUT2D eigenvalue weighted by Gasteiger charge is 2.35. The molecule has 2 aromatic carbocycles. The van der Waals surface area contributed by atoms with Crippen molar-refractivity contribution in [2.75, 3.05) is 19.6 Å². The molecule has 1 fully saturated rings. The number of nitriles is 1. The maximum atomic E-state index is 15.7. The van der Waals surface area contributed by atoms with Crippen molar-refractivity contribution in [2.45, 2.75) is 78.4 Å². The summed E-state index contributed by atoms with van der Waals surface area (Å²) in [6.07, 6.45) is -2.20. The number of rotatable bonds is 12. The van der Waals surface area contributed by atoms with Gasteiger partial charge in [-0.3, -0.25) is 14.4 Å². The van der Waals surface area contributed by atoms with Gasteiger partial charge >= 0.3 is 12.1 Å². The minimum atomic E-state index is -4.77. The van der Waals surface area contributed by atoms with E-state index in [4.69, 9.17) is 0 Å². The number of halogens is 4. The van der Waals surface area contributed by atoms with E-state index in [-0.39, 0.29) is 35.4 Å². The number of aromatic nitrogens is 1. The highest BCUT2D eigenvalue weighted by atomic mass is 19.4. The average Bonchev–Trinajstić information content (AvgIpc) is 2.98. The summed E-state index contributed by atoms with van der Waals surface area (Å²) in [5, 5.41) is 19.1. The molecular formula is C37H40F4N4O4. The number of benzene rings is 2. The number of pyridine rings is 1. The van der Waals surface area contributed by atoms with Crippen molar-refractivity contribution in [3.8, 4) is 17.2 Å². The van der Waals surface area contributed by atoms with Crippen LogP contribution in [0.5, 0.6) is 0 Å². The van der Waals surface area contributed by atoms with Gasteiger partial charge in [0.1, 0.15) is 11.9 Å². The fraction of sp³-hybridized carbons (Fsp3) is 0.432. The number of carboxylic acid groups (broad SMARTS) is 1. The summed E-state index contributed by atoms with van der Waals surface area (Å²) in [5.41, 5.74) is 1.34. The Hall–Kier alpha value is -4.63. The average molecular weight is 681 g/mol. The minimum Gasteiger partial charge on any atom is -0.481 e. The lowest BCUT2D eigenvalue weighted by Gasteiger charge is -2.31. The predicted octanol–water partition coefficient (Wildman–Crippen LogP) is 7.16. The first-order chi connectivity index (χ1) is 23.0. The van der Waals surface area contributed by atoms with Crippen LogP contribution in [0.2, 0.25) is 0 Å². The molecule has 4 rings (SSSR count). The molecule has 1 amide bonds. The van der Waals surface area contributed by atoms with E-state index in [1.54, 1.807) is 32.0 Å². The van der Waals surface area contributed by atoms with E-state index in [0.717, 1.165) is 53.2 Å². The van der Waals surface area contributed by atoms with Crippen LogP contribution in [0.1, 0.15) is 84.0 Å². The number of carbonyl (C=O) groups excluding carboxylic acids is 1. The molecule has 2 atom stereocenters. The molecule has 0 bridgehead atoms. The lowest BCUT2D eigenvalue weighted by atomic mass is 9.87. The van der Waals surface area contributed by atoms with E-state index < -0.39 is 53.4 Å². The maximum absolute atomic E-state index is 15.7. The molecule has 0 radical (unpaired) electrons. The number of hydrogen-bond acceptors (Lipinski definition) is 5. The molecule has 49 heavy (non-hydrogen) atoms. The van der Waals surface area contributed by atoms with Crippen LogP contribution in [-0.2, 0) is 22.2 Å². The van der Waals surface area contributed by atoms with Crippen molar-refractivity contribution in [1.29, 1.82) is 5.26 Å². The lowest BCUT2D eigenvalue weighted by Crippen LogP contribution is -2.39. The highest BCUT2D eigenvalue weighted by Crippen LogP contribution is 2.35. The number of carbonyl (C=O) groups is 2. The van der Waals surface area contributed by atoms with E-state index in [1.165, 1.54) is 13.0 Å². The topological polar surface area (TPSA) is 116 Å². The third-order valence-corrected chi connectivity index (χ3v) is 8.84. The zero-order valence-electron chi connectivity index (χ0n) is 28.2. The van der Waals surface area contributed by atoms with Gasteiger partial charge in [0.05, 0.1) is 23.6 Å². The minimum absolute atomic E-state index is 0.0162. The van der Waals surface area contributed by atoms with Crippen LogP contribution >= 0.6 is 0 Å². The summed E-state index contributed by atoms with van der Waals surface area (Å²) < 4.78 is 58.6. The smallest absolute Gasteiger partial charge is 0.416 e. The molecule has 1 aliphatic rings. The fourth-order valence-electron chi connectivity index (χ4n) is 6.34. The predicted molar refractivity (Wildman–Crippen MR) is 178 cm³/mol. The van der Waals surface area contributed by atoms with Crippen molar-refractivity contribution < 1.29 is 32.3 Å². The number of likely N-dealkylation sites (tertiary alicyclic amines) is 1. The van der Waals surface area contributed by atoms with Gasteiger partial charge in [0.25, 0.3) is 11.5 Å². The maximum Gasteiger partial charge on any atom is 0.416 e. The third kappa shape index (κ3) is 8.89. The van der Waals surface area contributed by atoms with E-state index in [9.17, 15) is 37.9 Å². The van der Waals surface area contributed by atoms with Gasteiger partial charge in [-0.1, -0.05) is 13.8 Å². The number of aryl methyl sites for hydroxylation is 3. The SMILES string of the molecule is Cc1cc(-c2c(C)cc(C#N)cc2C)cc(C(/C=N/C(=O)C(CC(C)C)n2cc(CCN3CCC3)c(C(F)(F)F)cc2=O)CC(=O)O)c1F. The van der Waals surface area contributed by atoms with Crippen LogP contribution in [-0.4, -0.2) is 52.3 Å². The number of aliphatic carboxylic acids is 1. The van der Waals surface area contributed by atoms with Gasteiger partial charge in [-0.25, -0.2) is 9.38 Å². The molecule has 1 saturated heterocycles. The van der Waals surface area contributed by atoms with Gasteiger partial charge < -0.3 is 14.6 Å². The van der Waals surface area contributed by atoms with Gasteiger partial charge in [-0.05, 0) is 122 Å². The van der Waals surface area contributed by atoms with Crippen LogP contribution in [0.3, 0.4) is 0 Å². The first-order valence-corrected chi connectivity index (χ1v) is 16.2. The lowest BCUT2D eigenvalue weighted by molar-refractivity contribution is -0.138. The van der Waals surface area contributed by atoms with Gasteiger partial charge in [0.15, 0.2) is 0 Å². The molecule has 1 N–H and O–H groups in total. The Labute approximate surface area is 282 Å². The Morgan fingerprint density at radius 2 is 1.71 bits per heavy atom. The van der Waals surface area contributed by atoms with E-state index in [2.05, 4.69) is 11.1 Å². The molecule has 2 heterocycles. The number of amides is 1. The molecule has 1 aromatic heterocycles. The number of alkyl halides is 3. The van der Waals surface area contributed by atoms with Gasteiger partial charge in [0.2, 0.25) is 0 Å². The van der Waals surface area contributed by atoms with Crippen LogP contribution in [0.4, 0.5) is 17.6 Å². The standard InChI is InChI=1S/C37H40F4N4O4/c1-21(2)11-31(45-20-26(7-10-44-8-6-9-44)30(17-32(45)46)37(39,40)41)36(49)43-19-28(16-33(47)48)29-15-27(14-24(5)35(29)38)34-22(3)12-25(18-42)13-23(34)4/h12-15,17,19-21,28,31H,6-11,16H2,1-5H3,(H,47,48)/b43-19+. The van der Waals surface area contributed by atoms with Crippen molar-refractivity contribution in [2.24, 2.45) is 10.9 Å². The summed E-state index contributed by atoms with van der Waals surface area (Å²) >= 11 is 0. The number of nitrogens with zero attached hydrogens (tertiary/aromatic N) is 4. The van der Waals surface area contributed by atoms with Gasteiger partial charge in [0, 0.05) is 30.9 Å². The second kappa shape index (κ2) is 15.3. The fourth-order valence-corrected chi connectivity index (χ4v) is 6.34. The Morgan fingerprint density at radius 1 is 1.06 bits per heavy atom. The summed E-state index contributed by atoms with van der Waals surface area (Å²) in [7, 11) is 0. The first-order valence-electron chi connectivity index (χ1n) is 16.2. The molecule has 260 valence electrons. The summed E-state index contributed by atoms with van der Waals surface area (Å²) in [6.45, 7) is 10.6. The zero-order valence-corrected chi connectivity index (χ0v) is 28.2. The molecule has 8 nitrogen and oxygen atoms in total. The molecule has 1 aliphatic heterocycles. The zero-order chi connectivity index (χ0) is 36.2. The van der Waals surface area contributed by atoms with E-state index in [0.29, 0.717) is 23.7 Å². The summed E-state index contributed by atoms with van der Waals surface area (Å²) in [4.78, 5) is 44.8. The molecule has 12 heteroatoms. The molecule has 2 unspecified atom stereocenters. The quantitative estimate of drug-likeness (QED) is 0.160. The van der Waals surface area contributed by atoms with Gasteiger partial charge in [-0.15, -0.1) is 0 Å². The molecular weight excluding hydrogens is 640 g/mol. The van der Waals surface area contributed by atoms with Crippen LogP contribution < -0.4 is 5.56 Å². The Kier molecular flexibility index (Phi) is 11.6.